The van der Waals surface area contributed by atoms with Gasteiger partial charge >= 0.3 is 0 Å². The van der Waals surface area contributed by atoms with Crippen molar-refractivity contribution in [1.82, 2.24) is 20.1 Å². The molecule has 0 unspecified atom stereocenters. The summed E-state index contributed by atoms with van der Waals surface area (Å²) in [4.78, 5) is 24.7. The van der Waals surface area contributed by atoms with E-state index < -0.39 is 6.04 Å². The maximum atomic E-state index is 13.0. The third-order valence-corrected chi connectivity index (χ3v) is 5.67. The summed E-state index contributed by atoms with van der Waals surface area (Å²) in [6.07, 6.45) is 0. The Morgan fingerprint density at radius 3 is 2.55 bits per heavy atom. The molecule has 0 saturated carbocycles. The van der Waals surface area contributed by atoms with Crippen LogP contribution in [0, 0.1) is 5.82 Å². The average molecular weight is 462 g/mol. The Bertz CT molecular complexity index is 1070. The Hall–Kier alpha value is -2.91. The van der Waals surface area contributed by atoms with Crippen LogP contribution >= 0.6 is 23.4 Å². The zero-order valence-corrected chi connectivity index (χ0v) is 18.5. The van der Waals surface area contributed by atoms with E-state index in [1.165, 1.54) is 36.0 Å². The highest BCUT2D eigenvalue weighted by molar-refractivity contribution is 7.99. The number of carbonyl (C=O) groups excluding carboxylic acids is 2. The van der Waals surface area contributed by atoms with Crippen LogP contribution in [-0.2, 0) is 11.3 Å². The molecule has 1 aromatic heterocycles. The van der Waals surface area contributed by atoms with Gasteiger partial charge < -0.3 is 15.2 Å². The van der Waals surface area contributed by atoms with E-state index in [4.69, 9.17) is 11.6 Å². The maximum Gasteiger partial charge on any atom is 0.253 e. The van der Waals surface area contributed by atoms with E-state index in [0.29, 0.717) is 33.8 Å². The summed E-state index contributed by atoms with van der Waals surface area (Å²) < 4.78 is 14.8. The number of amides is 2. The second-order valence-corrected chi connectivity index (χ2v) is 7.95. The number of nitrogens with one attached hydrogen (secondary N) is 2. The van der Waals surface area contributed by atoms with Crippen molar-refractivity contribution in [2.24, 2.45) is 0 Å². The van der Waals surface area contributed by atoms with E-state index in [0.717, 1.165) is 0 Å². The lowest BCUT2D eigenvalue weighted by Gasteiger charge is -2.15. The zero-order valence-electron chi connectivity index (χ0n) is 16.9. The fourth-order valence-electron chi connectivity index (χ4n) is 2.87. The van der Waals surface area contributed by atoms with Crippen LogP contribution in [0.1, 0.15) is 36.1 Å². The first kappa shape index (κ1) is 22.8. The molecule has 10 heteroatoms. The molecule has 0 bridgehead atoms. The van der Waals surface area contributed by atoms with E-state index in [1.54, 1.807) is 31.2 Å². The third-order valence-electron chi connectivity index (χ3n) is 4.38. The van der Waals surface area contributed by atoms with Gasteiger partial charge in [0.25, 0.3) is 5.91 Å². The van der Waals surface area contributed by atoms with Gasteiger partial charge in [0.2, 0.25) is 5.91 Å². The van der Waals surface area contributed by atoms with Crippen molar-refractivity contribution in [3.63, 3.8) is 0 Å². The third kappa shape index (κ3) is 5.83. The van der Waals surface area contributed by atoms with Crippen LogP contribution in [0.4, 0.5) is 10.1 Å². The minimum atomic E-state index is -0.418. The Morgan fingerprint density at radius 1 is 1.16 bits per heavy atom. The van der Waals surface area contributed by atoms with Crippen LogP contribution in [0.5, 0.6) is 0 Å². The van der Waals surface area contributed by atoms with Crippen molar-refractivity contribution in [3.8, 4) is 0 Å². The number of nitrogens with zero attached hydrogens (tertiary/aromatic N) is 3. The van der Waals surface area contributed by atoms with Gasteiger partial charge in [0.15, 0.2) is 11.0 Å². The van der Waals surface area contributed by atoms with Gasteiger partial charge in [-0.3, -0.25) is 9.59 Å². The normalized spacial score (nSPS) is 11.7. The second-order valence-electron chi connectivity index (χ2n) is 6.60. The summed E-state index contributed by atoms with van der Waals surface area (Å²) in [6.45, 7) is 4.30. The molecule has 0 aliphatic heterocycles. The minimum Gasteiger partial charge on any atom is -0.342 e. The maximum absolute atomic E-state index is 13.0. The molecule has 1 heterocycles. The van der Waals surface area contributed by atoms with Crippen molar-refractivity contribution in [2.45, 2.75) is 31.6 Å². The number of thioether (sulfide) groups is 1. The van der Waals surface area contributed by atoms with Gasteiger partial charge in [0, 0.05) is 12.2 Å². The molecule has 2 N–H and O–H groups in total. The smallest absolute Gasteiger partial charge is 0.253 e. The minimum absolute atomic E-state index is 0.107. The van der Waals surface area contributed by atoms with Crippen molar-refractivity contribution in [3.05, 3.63) is 70.8 Å². The molecule has 3 aromatic rings. The number of hydrogen-bond donors (Lipinski definition) is 2. The Labute approximate surface area is 188 Å². The van der Waals surface area contributed by atoms with Crippen LogP contribution in [0.15, 0.2) is 53.7 Å². The highest BCUT2D eigenvalue weighted by atomic mass is 35.5. The number of rotatable bonds is 8. The molecule has 0 fully saturated rings. The molecule has 0 saturated heterocycles. The zero-order chi connectivity index (χ0) is 22.4. The molecule has 0 aliphatic rings. The first-order valence-corrected chi connectivity index (χ1v) is 10.9. The number of hydrogen-bond acceptors (Lipinski definition) is 5. The van der Waals surface area contributed by atoms with Crippen molar-refractivity contribution >= 4 is 40.9 Å². The average Bonchev–Trinajstić information content (AvgIpc) is 3.17. The van der Waals surface area contributed by atoms with E-state index in [9.17, 15) is 14.0 Å². The number of anilines is 1. The molecule has 2 amide bonds. The van der Waals surface area contributed by atoms with Gasteiger partial charge in [0.1, 0.15) is 5.82 Å². The molecule has 162 valence electrons. The first-order valence-electron chi connectivity index (χ1n) is 9.55. The number of aromatic nitrogens is 3. The highest BCUT2D eigenvalue weighted by Crippen LogP contribution is 2.22. The summed E-state index contributed by atoms with van der Waals surface area (Å²) in [6, 6.07) is 11.9. The molecule has 1 atom stereocenters. The quantitative estimate of drug-likeness (QED) is 0.488. The van der Waals surface area contributed by atoms with Crippen LogP contribution in [-0.4, -0.2) is 32.3 Å². The molecular weight excluding hydrogens is 441 g/mol. The summed E-state index contributed by atoms with van der Waals surface area (Å²) in [5, 5.41) is 14.9. The van der Waals surface area contributed by atoms with Crippen LogP contribution in [0.25, 0.3) is 0 Å². The molecule has 0 spiro atoms. The van der Waals surface area contributed by atoms with Gasteiger partial charge in [-0.05, 0) is 50.2 Å². The molecule has 0 radical (unpaired) electrons. The fraction of sp³-hybridized carbons (Fsp3) is 0.238. The molecule has 2 aromatic carbocycles. The van der Waals surface area contributed by atoms with E-state index in [2.05, 4.69) is 20.8 Å². The van der Waals surface area contributed by atoms with Gasteiger partial charge in [-0.2, -0.15) is 0 Å². The molecule has 7 nitrogen and oxygen atoms in total. The lowest BCUT2D eigenvalue weighted by Crippen LogP contribution is -2.29. The summed E-state index contributed by atoms with van der Waals surface area (Å²) in [7, 11) is 0. The fourth-order valence-corrected chi connectivity index (χ4v) is 3.90. The Kier molecular flexibility index (Phi) is 7.64. The monoisotopic (exact) mass is 461 g/mol. The van der Waals surface area contributed by atoms with Crippen molar-refractivity contribution in [1.29, 1.82) is 0 Å². The molecule has 3 rings (SSSR count). The number of halogens is 2. The Morgan fingerprint density at radius 2 is 1.87 bits per heavy atom. The topological polar surface area (TPSA) is 88.9 Å². The predicted molar refractivity (Wildman–Crippen MR) is 119 cm³/mol. The predicted octanol–water partition coefficient (Wildman–Crippen LogP) is 4.31. The summed E-state index contributed by atoms with van der Waals surface area (Å²) in [5.41, 5.74) is 0.895. The molecule has 31 heavy (non-hydrogen) atoms. The lowest BCUT2D eigenvalue weighted by atomic mass is 10.2. The Balaban J connectivity index is 1.63. The lowest BCUT2D eigenvalue weighted by molar-refractivity contribution is -0.113. The molecular formula is C21H21ClFN5O2S. The standard InChI is InChI=1S/C21H21ClFN5O2S/c1-3-28-19(13(2)24-20(30)16-6-4-5-7-17(16)22)26-27-21(28)31-12-18(29)25-15-10-8-14(23)9-11-15/h4-11,13H,3,12H2,1-2H3,(H,24,30)(H,25,29)/t13-/m0/s1. The molecule has 0 aliphatic carbocycles. The van der Waals surface area contributed by atoms with E-state index >= 15 is 0 Å². The SMILES string of the molecule is CCn1c(SCC(=O)Nc2ccc(F)cc2)nnc1[C@H](C)NC(=O)c1ccccc1Cl. The largest absolute Gasteiger partial charge is 0.342 e. The van der Waals surface area contributed by atoms with Crippen molar-refractivity contribution in [2.75, 3.05) is 11.1 Å². The van der Waals surface area contributed by atoms with E-state index in [-0.39, 0.29) is 23.4 Å². The van der Waals surface area contributed by atoms with Gasteiger partial charge in [-0.25, -0.2) is 4.39 Å². The highest BCUT2D eigenvalue weighted by Gasteiger charge is 2.21. The first-order chi connectivity index (χ1) is 14.9. The van der Waals surface area contributed by atoms with Gasteiger partial charge in [-0.15, -0.1) is 10.2 Å². The number of carbonyl (C=O) groups is 2. The summed E-state index contributed by atoms with van der Waals surface area (Å²) >= 11 is 7.32. The second kappa shape index (κ2) is 10.4. The van der Waals surface area contributed by atoms with Crippen LogP contribution in [0.2, 0.25) is 5.02 Å². The van der Waals surface area contributed by atoms with Crippen LogP contribution in [0.3, 0.4) is 0 Å². The van der Waals surface area contributed by atoms with Crippen LogP contribution < -0.4 is 10.6 Å². The number of benzene rings is 2. The van der Waals surface area contributed by atoms with Gasteiger partial charge in [0.05, 0.1) is 22.4 Å². The van der Waals surface area contributed by atoms with E-state index in [1.807, 2.05) is 11.5 Å². The van der Waals surface area contributed by atoms with Gasteiger partial charge in [-0.1, -0.05) is 35.5 Å². The summed E-state index contributed by atoms with van der Waals surface area (Å²) in [5.74, 6) is -0.243. The van der Waals surface area contributed by atoms with Crippen molar-refractivity contribution < 1.29 is 14.0 Å².